The number of carbonyl (C=O) groups excluding carboxylic acids is 1. The fourth-order valence-corrected chi connectivity index (χ4v) is 1.95. The molecular weight excluding hydrogens is 240 g/mol. The summed E-state index contributed by atoms with van der Waals surface area (Å²) in [7, 11) is 0. The molecule has 0 unspecified atom stereocenters. The molecule has 1 saturated carbocycles. The average molecular weight is 258 g/mol. The third-order valence-electron chi connectivity index (χ3n) is 3.31. The minimum Gasteiger partial charge on any atom is -0.391 e. The second-order valence-corrected chi connectivity index (χ2v) is 4.78. The van der Waals surface area contributed by atoms with Crippen LogP contribution in [0.1, 0.15) is 50.2 Å². The lowest BCUT2D eigenvalue weighted by Gasteiger charge is -2.10. The Balaban J connectivity index is 2.22. The summed E-state index contributed by atoms with van der Waals surface area (Å²) >= 11 is 0. The first kappa shape index (κ1) is 13.5. The van der Waals surface area contributed by atoms with Crippen molar-refractivity contribution >= 4 is 17.5 Å². The Bertz CT molecular complexity index is 527. The Labute approximate surface area is 113 Å². The van der Waals surface area contributed by atoms with Gasteiger partial charge in [-0.2, -0.15) is 4.99 Å². The molecule has 0 atom stereocenters. The third kappa shape index (κ3) is 3.52. The Hall–Kier alpha value is -1.93. The average Bonchev–Trinajstić information content (AvgIpc) is 3.24. The molecule has 0 N–H and O–H groups in total. The number of rotatable bonds is 6. The van der Waals surface area contributed by atoms with Crippen molar-refractivity contribution in [3.05, 3.63) is 29.3 Å². The largest absolute Gasteiger partial charge is 0.391 e. The number of hydrogen-bond donors (Lipinski definition) is 0. The zero-order chi connectivity index (χ0) is 13.7. The highest BCUT2D eigenvalue weighted by Gasteiger charge is 2.27. The maximum atomic E-state index is 10.5. The first-order valence-corrected chi connectivity index (χ1v) is 6.61. The van der Waals surface area contributed by atoms with E-state index in [1.54, 1.807) is 6.08 Å². The van der Waals surface area contributed by atoms with Gasteiger partial charge in [-0.3, -0.25) is 0 Å². The van der Waals surface area contributed by atoms with E-state index >= 15 is 0 Å². The monoisotopic (exact) mass is 258 g/mol. The molecule has 1 fully saturated rings. The number of isocyanates is 1. The van der Waals surface area contributed by atoms with Crippen molar-refractivity contribution in [2.45, 2.75) is 45.6 Å². The van der Waals surface area contributed by atoms with E-state index < -0.39 is 0 Å². The summed E-state index contributed by atoms with van der Waals surface area (Å²) < 4.78 is 0. The van der Waals surface area contributed by atoms with Crippen molar-refractivity contribution in [1.29, 1.82) is 0 Å². The van der Waals surface area contributed by atoms with E-state index in [-0.39, 0.29) is 0 Å². The lowest BCUT2D eigenvalue weighted by atomic mass is 10.0. The number of oxime groups is 1. The van der Waals surface area contributed by atoms with Crippen molar-refractivity contribution in [3.8, 4) is 0 Å². The molecule has 0 bridgehead atoms. The summed E-state index contributed by atoms with van der Waals surface area (Å²) in [6.07, 6.45) is 4.86. The molecular formula is C15H18N2O2. The van der Waals surface area contributed by atoms with Gasteiger partial charge in [0.25, 0.3) is 0 Å². The molecule has 0 saturated heterocycles. The lowest BCUT2D eigenvalue weighted by molar-refractivity contribution is 0.129. The molecule has 0 aromatic heterocycles. The molecule has 1 aliphatic rings. The number of aliphatic imine (C=N–C) groups is 1. The summed E-state index contributed by atoms with van der Waals surface area (Å²) in [5, 5.41) is 4.04. The van der Waals surface area contributed by atoms with Gasteiger partial charge in [0.05, 0.1) is 11.4 Å². The quantitative estimate of drug-likeness (QED) is 0.442. The molecule has 2 rings (SSSR count). The van der Waals surface area contributed by atoms with E-state index in [1.165, 1.54) is 18.4 Å². The van der Waals surface area contributed by atoms with E-state index in [1.807, 2.05) is 26.0 Å². The van der Waals surface area contributed by atoms with Crippen molar-refractivity contribution < 1.29 is 9.63 Å². The van der Waals surface area contributed by atoms with E-state index in [2.05, 4.69) is 16.2 Å². The van der Waals surface area contributed by atoms with Gasteiger partial charge in [0.15, 0.2) is 0 Å². The van der Waals surface area contributed by atoms with Crippen molar-refractivity contribution in [2.75, 3.05) is 0 Å². The van der Waals surface area contributed by atoms with Crippen LogP contribution in [0.5, 0.6) is 0 Å². The summed E-state index contributed by atoms with van der Waals surface area (Å²) in [6.45, 7) is 4.31. The molecule has 1 aromatic rings. The zero-order valence-electron chi connectivity index (χ0n) is 11.3. The maximum Gasteiger partial charge on any atom is 0.240 e. The molecule has 1 aromatic carbocycles. The topological polar surface area (TPSA) is 51.0 Å². The van der Waals surface area contributed by atoms with Gasteiger partial charge in [-0.25, -0.2) is 4.79 Å². The predicted molar refractivity (Wildman–Crippen MR) is 74.4 cm³/mol. The normalized spacial score (nSPS) is 14.9. The molecule has 0 aliphatic heterocycles. The number of nitrogens with zero attached hydrogens (tertiary/aromatic N) is 2. The molecule has 4 heteroatoms. The molecule has 100 valence electrons. The van der Waals surface area contributed by atoms with Gasteiger partial charge in [-0.05, 0) is 43.7 Å². The van der Waals surface area contributed by atoms with Gasteiger partial charge in [-0.15, -0.1) is 0 Å². The second kappa shape index (κ2) is 6.30. The second-order valence-electron chi connectivity index (χ2n) is 4.78. The Kier molecular flexibility index (Phi) is 4.48. The number of hydrogen-bond acceptors (Lipinski definition) is 4. The van der Waals surface area contributed by atoms with Crippen LogP contribution in [-0.4, -0.2) is 11.8 Å². The highest BCUT2D eigenvalue weighted by atomic mass is 16.6. The van der Waals surface area contributed by atoms with Crippen LogP contribution in [0, 0.1) is 0 Å². The molecule has 0 radical (unpaired) electrons. The van der Waals surface area contributed by atoms with Crippen LogP contribution in [0.2, 0.25) is 0 Å². The van der Waals surface area contributed by atoms with Gasteiger partial charge in [0, 0.05) is 5.56 Å². The van der Waals surface area contributed by atoms with E-state index in [0.29, 0.717) is 18.2 Å². The van der Waals surface area contributed by atoms with Gasteiger partial charge < -0.3 is 4.84 Å². The van der Waals surface area contributed by atoms with E-state index in [0.717, 1.165) is 17.7 Å². The fraction of sp³-hybridized carbons (Fsp3) is 0.467. The Morgan fingerprint density at radius 1 is 1.47 bits per heavy atom. The van der Waals surface area contributed by atoms with Crippen LogP contribution in [0.3, 0.4) is 0 Å². The van der Waals surface area contributed by atoms with Crippen LogP contribution in [0.15, 0.2) is 28.3 Å². The lowest BCUT2D eigenvalue weighted by Crippen LogP contribution is -1.97. The molecule has 0 spiro atoms. The SMILES string of the molecule is CCC(C)=NOCc1c(N=C=O)cccc1C1CC1. The highest BCUT2D eigenvalue weighted by molar-refractivity contribution is 5.80. The smallest absolute Gasteiger partial charge is 0.240 e. The Morgan fingerprint density at radius 2 is 2.26 bits per heavy atom. The molecule has 0 amide bonds. The van der Waals surface area contributed by atoms with Crippen molar-refractivity contribution in [1.82, 2.24) is 0 Å². The zero-order valence-corrected chi connectivity index (χ0v) is 11.3. The Morgan fingerprint density at radius 3 is 2.89 bits per heavy atom. The molecule has 19 heavy (non-hydrogen) atoms. The third-order valence-corrected chi connectivity index (χ3v) is 3.31. The van der Waals surface area contributed by atoms with Crippen LogP contribution in [0.4, 0.5) is 5.69 Å². The summed E-state index contributed by atoms with van der Waals surface area (Å²) in [5.74, 6) is 0.580. The summed E-state index contributed by atoms with van der Waals surface area (Å²) in [4.78, 5) is 19.6. The minimum atomic E-state index is 0.352. The van der Waals surface area contributed by atoms with Crippen LogP contribution in [0.25, 0.3) is 0 Å². The minimum absolute atomic E-state index is 0.352. The number of benzene rings is 1. The molecule has 4 nitrogen and oxygen atoms in total. The van der Waals surface area contributed by atoms with Crippen molar-refractivity contribution in [3.63, 3.8) is 0 Å². The molecule has 1 aliphatic carbocycles. The highest BCUT2D eigenvalue weighted by Crippen LogP contribution is 2.43. The van der Waals surface area contributed by atoms with Gasteiger partial charge >= 0.3 is 0 Å². The summed E-state index contributed by atoms with van der Waals surface area (Å²) in [5.41, 5.74) is 3.77. The summed E-state index contributed by atoms with van der Waals surface area (Å²) in [6, 6.07) is 5.82. The first-order chi connectivity index (χ1) is 9.26. The standard InChI is InChI=1S/C15H18N2O2/c1-3-11(2)17-19-9-14-13(12-7-8-12)5-4-6-15(14)16-10-18/h4-6,12H,3,7-9H2,1-2H3. The fourth-order valence-electron chi connectivity index (χ4n) is 1.95. The van der Waals surface area contributed by atoms with Crippen LogP contribution in [-0.2, 0) is 16.2 Å². The van der Waals surface area contributed by atoms with E-state index in [9.17, 15) is 4.79 Å². The molecule has 0 heterocycles. The van der Waals surface area contributed by atoms with Crippen molar-refractivity contribution in [2.24, 2.45) is 10.1 Å². The van der Waals surface area contributed by atoms with Gasteiger partial charge in [0.2, 0.25) is 6.08 Å². The van der Waals surface area contributed by atoms with Gasteiger partial charge in [-0.1, -0.05) is 24.2 Å². The first-order valence-electron chi connectivity index (χ1n) is 6.61. The predicted octanol–water partition coefficient (Wildman–Crippen LogP) is 3.83. The van der Waals surface area contributed by atoms with Crippen LogP contribution < -0.4 is 0 Å². The maximum absolute atomic E-state index is 10.5. The van der Waals surface area contributed by atoms with Gasteiger partial charge in [0.1, 0.15) is 6.61 Å². The van der Waals surface area contributed by atoms with Crippen LogP contribution >= 0.6 is 0 Å². The van der Waals surface area contributed by atoms with E-state index in [4.69, 9.17) is 4.84 Å².